The van der Waals surface area contributed by atoms with Crippen LogP contribution in [-0.2, 0) is 11.3 Å². The van der Waals surface area contributed by atoms with Crippen LogP contribution in [0.25, 0.3) is 20.7 Å². The number of rotatable bonds is 6. The molecule has 0 unspecified atom stereocenters. The molecule has 32 heavy (non-hydrogen) atoms. The van der Waals surface area contributed by atoms with Gasteiger partial charge in [-0.2, -0.15) is 5.10 Å². The zero-order valence-corrected chi connectivity index (χ0v) is 19.0. The van der Waals surface area contributed by atoms with E-state index in [0.717, 1.165) is 32.5 Å². The number of pyridine rings is 1. The van der Waals surface area contributed by atoms with Crippen molar-refractivity contribution in [3.63, 3.8) is 0 Å². The van der Waals surface area contributed by atoms with Gasteiger partial charge in [0.05, 0.1) is 11.4 Å². The van der Waals surface area contributed by atoms with Crippen molar-refractivity contribution in [2.45, 2.75) is 33.7 Å². The Balaban J connectivity index is 1.86. The molecular weight excluding hydrogens is 456 g/mol. The van der Waals surface area contributed by atoms with Crippen LogP contribution in [0.2, 0.25) is 0 Å². The molecule has 4 heterocycles. The number of anilines is 1. The Morgan fingerprint density at radius 2 is 1.94 bits per heavy atom. The normalized spacial score (nSPS) is 11.4. The van der Waals surface area contributed by atoms with Crippen molar-refractivity contribution in [1.82, 2.24) is 14.8 Å². The Kier molecular flexibility index (Phi) is 5.78. The third-order valence-corrected chi connectivity index (χ3v) is 6.93. The first-order chi connectivity index (χ1) is 15.1. The van der Waals surface area contributed by atoms with Crippen LogP contribution in [0.4, 0.5) is 14.5 Å². The maximum Gasteiger partial charge on any atom is 0.280 e. The van der Waals surface area contributed by atoms with Crippen LogP contribution in [0, 0.1) is 20.8 Å². The Hall–Kier alpha value is -3.18. The second-order valence-corrected chi connectivity index (χ2v) is 9.58. The third kappa shape index (κ3) is 4.13. The first-order valence-corrected chi connectivity index (χ1v) is 11.2. The molecule has 0 radical (unpaired) electrons. The summed E-state index contributed by atoms with van der Waals surface area (Å²) < 4.78 is 28.6. The molecule has 0 spiro atoms. The molecule has 0 aromatic carbocycles. The van der Waals surface area contributed by atoms with Crippen LogP contribution < -0.4 is 11.1 Å². The van der Waals surface area contributed by atoms with E-state index in [1.807, 2.05) is 39.0 Å². The van der Waals surface area contributed by atoms with E-state index >= 15 is 0 Å². The molecule has 4 rings (SSSR count). The summed E-state index contributed by atoms with van der Waals surface area (Å²) in [5.74, 6) is -1.20. The Labute approximate surface area is 189 Å². The lowest BCUT2D eigenvalue weighted by Crippen LogP contribution is -2.22. The summed E-state index contributed by atoms with van der Waals surface area (Å²) >= 11 is 2.30. The van der Waals surface area contributed by atoms with Crippen molar-refractivity contribution in [1.29, 1.82) is 0 Å². The second kappa shape index (κ2) is 8.40. The Bertz CT molecular complexity index is 1360. The van der Waals surface area contributed by atoms with E-state index in [0.29, 0.717) is 10.9 Å². The molecule has 2 amide bonds. The van der Waals surface area contributed by atoms with Gasteiger partial charge in [0, 0.05) is 26.4 Å². The van der Waals surface area contributed by atoms with Gasteiger partial charge in [-0.3, -0.25) is 14.3 Å². The number of hydrogen-bond donors (Lipinski definition) is 2. The Morgan fingerprint density at radius 1 is 1.19 bits per heavy atom. The number of fused-ring (bicyclic) bond motifs is 1. The zero-order chi connectivity index (χ0) is 23.2. The molecule has 4 aromatic rings. The number of nitrogens with one attached hydrogen (secondary N) is 1. The minimum absolute atomic E-state index is 0.0511. The van der Waals surface area contributed by atoms with E-state index in [1.54, 1.807) is 4.68 Å². The van der Waals surface area contributed by atoms with E-state index < -0.39 is 23.9 Å². The number of carbonyl (C=O) groups excluding carboxylic acids is 2. The van der Waals surface area contributed by atoms with Crippen LogP contribution in [0.3, 0.4) is 0 Å². The van der Waals surface area contributed by atoms with E-state index in [-0.39, 0.29) is 21.9 Å². The quantitative estimate of drug-likeness (QED) is 0.417. The lowest BCUT2D eigenvalue weighted by atomic mass is 10.1. The molecule has 0 aliphatic carbocycles. The van der Waals surface area contributed by atoms with Crippen LogP contribution in [0.5, 0.6) is 0 Å². The smallest absolute Gasteiger partial charge is 0.280 e. The van der Waals surface area contributed by atoms with Crippen molar-refractivity contribution in [2.75, 3.05) is 5.32 Å². The van der Waals surface area contributed by atoms with Gasteiger partial charge in [0.1, 0.15) is 21.9 Å². The van der Waals surface area contributed by atoms with Gasteiger partial charge >= 0.3 is 0 Å². The molecule has 0 fully saturated rings. The van der Waals surface area contributed by atoms with Gasteiger partial charge in [0.2, 0.25) is 5.91 Å². The predicted octanol–water partition coefficient (Wildman–Crippen LogP) is 4.82. The number of thiophene rings is 2. The zero-order valence-electron chi connectivity index (χ0n) is 17.4. The summed E-state index contributed by atoms with van der Waals surface area (Å²) in [5, 5.41) is 7.44. The highest BCUT2D eigenvalue weighted by Crippen LogP contribution is 2.44. The topological polar surface area (TPSA) is 103 Å². The fraction of sp³-hybridized carbons (Fsp3) is 0.238. The van der Waals surface area contributed by atoms with Crippen LogP contribution in [-0.4, -0.2) is 26.6 Å². The second-order valence-electron chi connectivity index (χ2n) is 7.29. The van der Waals surface area contributed by atoms with Crippen LogP contribution >= 0.6 is 22.7 Å². The number of alkyl halides is 2. The highest BCUT2D eigenvalue weighted by Gasteiger charge is 2.25. The van der Waals surface area contributed by atoms with E-state index in [9.17, 15) is 18.4 Å². The summed E-state index contributed by atoms with van der Waals surface area (Å²) in [7, 11) is 0. The van der Waals surface area contributed by atoms with E-state index in [4.69, 9.17) is 5.73 Å². The predicted molar refractivity (Wildman–Crippen MR) is 121 cm³/mol. The average molecular weight is 476 g/mol. The Morgan fingerprint density at radius 3 is 2.50 bits per heavy atom. The molecule has 0 bridgehead atoms. The minimum Gasteiger partial charge on any atom is -0.365 e. The van der Waals surface area contributed by atoms with Gasteiger partial charge < -0.3 is 11.1 Å². The van der Waals surface area contributed by atoms with Crippen molar-refractivity contribution >= 4 is 50.4 Å². The van der Waals surface area contributed by atoms with Gasteiger partial charge in [-0.25, -0.2) is 13.8 Å². The molecule has 11 heteroatoms. The number of amides is 2. The maximum atomic E-state index is 13.5. The summed E-state index contributed by atoms with van der Waals surface area (Å²) in [6, 6.07) is 6.82. The number of nitrogens with zero attached hydrogens (tertiary/aromatic N) is 3. The van der Waals surface area contributed by atoms with Crippen molar-refractivity contribution in [2.24, 2.45) is 5.73 Å². The monoisotopic (exact) mass is 475 g/mol. The minimum atomic E-state index is -2.79. The summed E-state index contributed by atoms with van der Waals surface area (Å²) in [4.78, 5) is 31.0. The molecule has 0 atom stereocenters. The van der Waals surface area contributed by atoms with E-state index in [1.165, 1.54) is 17.4 Å². The summed E-state index contributed by atoms with van der Waals surface area (Å²) in [6.07, 6.45) is -2.79. The molecule has 0 aliphatic rings. The lowest BCUT2D eigenvalue weighted by molar-refractivity contribution is -0.116. The van der Waals surface area contributed by atoms with Gasteiger partial charge in [0.15, 0.2) is 0 Å². The summed E-state index contributed by atoms with van der Waals surface area (Å²) in [6.45, 7) is 5.47. The maximum absolute atomic E-state index is 13.5. The summed E-state index contributed by atoms with van der Waals surface area (Å²) in [5.41, 5.74) is 7.37. The fourth-order valence-electron chi connectivity index (χ4n) is 3.45. The van der Waals surface area contributed by atoms with Gasteiger partial charge in [-0.05, 0) is 45.0 Å². The SMILES string of the molecule is Cc1cc(C)n(CC(=O)Nc2c(C(N)=O)sc3nc(C(F)F)cc(-c4ccc(C)s4)c23)n1. The molecular formula is C21H19F2N5O2S2. The third-order valence-electron chi connectivity index (χ3n) is 4.80. The highest BCUT2D eigenvalue weighted by atomic mass is 32.1. The molecule has 3 N–H and O–H groups in total. The van der Waals surface area contributed by atoms with E-state index in [2.05, 4.69) is 15.4 Å². The van der Waals surface area contributed by atoms with Gasteiger partial charge in [-0.15, -0.1) is 22.7 Å². The number of primary amides is 1. The van der Waals surface area contributed by atoms with Gasteiger partial charge in [-0.1, -0.05) is 0 Å². The fourth-order valence-corrected chi connectivity index (χ4v) is 5.35. The molecule has 0 aliphatic heterocycles. The number of halogens is 2. The molecule has 7 nitrogen and oxygen atoms in total. The largest absolute Gasteiger partial charge is 0.365 e. The number of hydrogen-bond acceptors (Lipinski definition) is 6. The highest BCUT2D eigenvalue weighted by molar-refractivity contribution is 7.21. The lowest BCUT2D eigenvalue weighted by Gasteiger charge is -2.10. The van der Waals surface area contributed by atoms with Crippen molar-refractivity contribution < 1.29 is 18.4 Å². The van der Waals surface area contributed by atoms with Crippen LogP contribution in [0.15, 0.2) is 24.3 Å². The molecule has 166 valence electrons. The van der Waals surface area contributed by atoms with Crippen LogP contribution in [0.1, 0.15) is 38.1 Å². The first kappa shape index (κ1) is 22.0. The first-order valence-electron chi connectivity index (χ1n) is 9.57. The number of aryl methyl sites for hydroxylation is 3. The van der Waals surface area contributed by atoms with Crippen molar-refractivity contribution in [3.05, 3.63) is 51.1 Å². The standard InChI is InChI=1S/C21H19F2N5O2S2/c1-9-6-10(2)28(27-9)8-15(29)26-17-16-12(14-5-4-11(3)31-14)7-13(19(22)23)25-21(16)32-18(17)20(24)30/h4-7,19H,8H2,1-3H3,(H2,24,30)(H,26,29). The number of nitrogens with two attached hydrogens (primary N) is 1. The molecule has 0 saturated heterocycles. The van der Waals surface area contributed by atoms with Gasteiger partial charge in [0.25, 0.3) is 12.3 Å². The molecule has 0 saturated carbocycles. The average Bonchev–Trinajstić information content (AvgIpc) is 3.38. The van der Waals surface area contributed by atoms with Crippen molar-refractivity contribution in [3.8, 4) is 10.4 Å². The number of carbonyl (C=O) groups is 2. The number of aromatic nitrogens is 3. The molecule has 4 aromatic heterocycles.